The van der Waals surface area contributed by atoms with Crippen molar-refractivity contribution in [2.75, 3.05) is 11.5 Å². The Labute approximate surface area is 129 Å². The Balaban J connectivity index is 2.59. The summed E-state index contributed by atoms with van der Waals surface area (Å²) in [6.45, 7) is 3.94. The van der Waals surface area contributed by atoms with E-state index in [-0.39, 0.29) is 5.91 Å². The highest BCUT2D eigenvalue weighted by Crippen LogP contribution is 2.26. The molecule has 0 saturated carbocycles. The molecule has 0 fully saturated rings. The van der Waals surface area contributed by atoms with Gasteiger partial charge in [0.2, 0.25) is 5.91 Å². The van der Waals surface area contributed by atoms with Crippen LogP contribution >= 0.6 is 23.4 Å². The standard InChI is InChI=1S/C15H19ClN2OS/c1-4-15(5-2,6-3)18-14(19)10-20-11-7-8-13(17)12(16)9-11/h1,7-9H,5-6,10,17H2,2-3H3,(H,18,19). The summed E-state index contributed by atoms with van der Waals surface area (Å²) in [6.07, 6.45) is 6.94. The fourth-order valence-electron chi connectivity index (χ4n) is 1.72. The average Bonchev–Trinajstić information content (AvgIpc) is 2.46. The lowest BCUT2D eigenvalue weighted by molar-refractivity contribution is -0.119. The number of terminal acetylenes is 1. The molecule has 0 spiro atoms. The van der Waals surface area contributed by atoms with Crippen LogP contribution in [0, 0.1) is 12.3 Å². The maximum atomic E-state index is 12.0. The molecule has 3 nitrogen and oxygen atoms in total. The number of carbonyl (C=O) groups excluding carboxylic acids is 1. The minimum atomic E-state index is -0.545. The van der Waals surface area contributed by atoms with Crippen LogP contribution in [0.2, 0.25) is 5.02 Å². The average molecular weight is 311 g/mol. The molecule has 1 rings (SSSR count). The second kappa shape index (κ2) is 7.47. The van der Waals surface area contributed by atoms with E-state index in [0.29, 0.717) is 29.3 Å². The zero-order valence-corrected chi connectivity index (χ0v) is 13.3. The first-order chi connectivity index (χ1) is 9.46. The molecule has 20 heavy (non-hydrogen) atoms. The van der Waals surface area contributed by atoms with Gasteiger partial charge in [0.25, 0.3) is 0 Å². The van der Waals surface area contributed by atoms with E-state index < -0.39 is 5.54 Å². The number of thioether (sulfide) groups is 1. The highest BCUT2D eigenvalue weighted by atomic mass is 35.5. The number of halogens is 1. The molecule has 0 unspecified atom stereocenters. The third-order valence-corrected chi connectivity index (χ3v) is 4.53. The second-order valence-corrected chi connectivity index (χ2v) is 5.91. The molecule has 0 aliphatic carbocycles. The Hall–Kier alpha value is -1.31. The number of rotatable bonds is 6. The van der Waals surface area contributed by atoms with Gasteiger partial charge in [-0.3, -0.25) is 4.79 Å². The summed E-state index contributed by atoms with van der Waals surface area (Å²) in [7, 11) is 0. The van der Waals surface area contributed by atoms with Crippen LogP contribution < -0.4 is 11.1 Å². The van der Waals surface area contributed by atoms with Gasteiger partial charge in [0.05, 0.1) is 16.5 Å². The lowest BCUT2D eigenvalue weighted by Gasteiger charge is -2.26. The van der Waals surface area contributed by atoms with E-state index in [1.54, 1.807) is 12.1 Å². The summed E-state index contributed by atoms with van der Waals surface area (Å²) >= 11 is 7.34. The van der Waals surface area contributed by atoms with E-state index in [2.05, 4.69) is 11.2 Å². The van der Waals surface area contributed by atoms with Crippen LogP contribution in [-0.2, 0) is 4.79 Å². The number of amides is 1. The van der Waals surface area contributed by atoms with Crippen molar-refractivity contribution in [3.8, 4) is 12.3 Å². The molecule has 0 radical (unpaired) electrons. The van der Waals surface area contributed by atoms with Crippen molar-refractivity contribution in [2.45, 2.75) is 37.1 Å². The molecule has 0 aliphatic rings. The van der Waals surface area contributed by atoms with Crippen LogP contribution in [0.15, 0.2) is 23.1 Å². The van der Waals surface area contributed by atoms with Gasteiger partial charge in [0.15, 0.2) is 0 Å². The topological polar surface area (TPSA) is 55.1 Å². The fourth-order valence-corrected chi connectivity index (χ4v) is 2.70. The summed E-state index contributed by atoms with van der Waals surface area (Å²) in [4.78, 5) is 12.9. The summed E-state index contributed by atoms with van der Waals surface area (Å²) in [5.74, 6) is 2.90. The van der Waals surface area contributed by atoms with Gasteiger partial charge in [0, 0.05) is 4.90 Å². The monoisotopic (exact) mass is 310 g/mol. The zero-order chi connectivity index (χ0) is 15.2. The van der Waals surface area contributed by atoms with Crippen LogP contribution in [0.25, 0.3) is 0 Å². The van der Waals surface area contributed by atoms with Gasteiger partial charge in [-0.2, -0.15) is 0 Å². The normalized spacial score (nSPS) is 10.9. The first-order valence-corrected chi connectivity index (χ1v) is 7.79. The molecule has 0 atom stereocenters. The lowest BCUT2D eigenvalue weighted by Crippen LogP contribution is -2.47. The quantitative estimate of drug-likeness (QED) is 0.481. The lowest BCUT2D eigenvalue weighted by atomic mass is 9.94. The Morgan fingerprint density at radius 3 is 2.65 bits per heavy atom. The smallest absolute Gasteiger partial charge is 0.231 e. The van der Waals surface area contributed by atoms with Gasteiger partial charge in [-0.1, -0.05) is 31.4 Å². The van der Waals surface area contributed by atoms with Crippen molar-refractivity contribution in [2.24, 2.45) is 0 Å². The van der Waals surface area contributed by atoms with Crippen molar-refractivity contribution in [1.29, 1.82) is 0 Å². The van der Waals surface area contributed by atoms with Crippen LogP contribution in [0.5, 0.6) is 0 Å². The molecule has 1 amide bonds. The molecule has 0 aliphatic heterocycles. The van der Waals surface area contributed by atoms with Crippen molar-refractivity contribution >= 4 is 35.0 Å². The zero-order valence-electron chi connectivity index (χ0n) is 11.7. The van der Waals surface area contributed by atoms with Crippen LogP contribution in [-0.4, -0.2) is 17.2 Å². The summed E-state index contributed by atoms with van der Waals surface area (Å²) in [6, 6.07) is 5.32. The number of benzene rings is 1. The van der Waals surface area contributed by atoms with E-state index >= 15 is 0 Å². The molecule has 1 aromatic rings. The maximum absolute atomic E-state index is 12.0. The van der Waals surface area contributed by atoms with Gasteiger partial charge in [-0.25, -0.2) is 0 Å². The van der Waals surface area contributed by atoms with Crippen molar-refractivity contribution in [1.82, 2.24) is 5.32 Å². The minimum Gasteiger partial charge on any atom is -0.398 e. The largest absolute Gasteiger partial charge is 0.398 e. The number of anilines is 1. The molecule has 0 saturated heterocycles. The Morgan fingerprint density at radius 2 is 2.15 bits per heavy atom. The first kappa shape index (κ1) is 16.7. The van der Waals surface area contributed by atoms with Gasteiger partial charge in [-0.05, 0) is 31.0 Å². The number of nitrogens with two attached hydrogens (primary N) is 1. The number of carbonyl (C=O) groups is 1. The van der Waals surface area contributed by atoms with E-state index in [9.17, 15) is 4.79 Å². The molecule has 3 N–H and O–H groups in total. The number of hydrogen-bond acceptors (Lipinski definition) is 3. The van der Waals surface area contributed by atoms with E-state index in [1.165, 1.54) is 11.8 Å². The molecule has 108 valence electrons. The molecular weight excluding hydrogens is 292 g/mol. The van der Waals surface area contributed by atoms with Crippen LogP contribution in [0.3, 0.4) is 0 Å². The second-order valence-electron chi connectivity index (χ2n) is 4.45. The fraction of sp³-hybridized carbons (Fsp3) is 0.400. The van der Waals surface area contributed by atoms with Crippen molar-refractivity contribution in [3.63, 3.8) is 0 Å². The molecule has 5 heteroatoms. The van der Waals surface area contributed by atoms with E-state index in [0.717, 1.165) is 4.90 Å². The molecule has 0 bridgehead atoms. The summed E-state index contributed by atoms with van der Waals surface area (Å²) < 4.78 is 0. The predicted octanol–water partition coefficient (Wildman–Crippen LogP) is 3.32. The maximum Gasteiger partial charge on any atom is 0.231 e. The van der Waals surface area contributed by atoms with Gasteiger partial charge in [-0.15, -0.1) is 18.2 Å². The first-order valence-electron chi connectivity index (χ1n) is 6.43. The third-order valence-electron chi connectivity index (χ3n) is 3.20. The summed E-state index contributed by atoms with van der Waals surface area (Å²) in [5.41, 5.74) is 5.63. The molecule has 0 aromatic heterocycles. The Kier molecular flexibility index (Phi) is 6.25. The van der Waals surface area contributed by atoms with Crippen molar-refractivity contribution < 1.29 is 4.79 Å². The van der Waals surface area contributed by atoms with Crippen LogP contribution in [0.4, 0.5) is 5.69 Å². The van der Waals surface area contributed by atoms with Crippen LogP contribution in [0.1, 0.15) is 26.7 Å². The molecular formula is C15H19ClN2OS. The van der Waals surface area contributed by atoms with E-state index in [4.69, 9.17) is 23.8 Å². The Morgan fingerprint density at radius 1 is 1.50 bits per heavy atom. The van der Waals surface area contributed by atoms with Gasteiger partial charge < -0.3 is 11.1 Å². The number of hydrogen-bond donors (Lipinski definition) is 2. The highest BCUT2D eigenvalue weighted by Gasteiger charge is 2.25. The minimum absolute atomic E-state index is 0.0791. The SMILES string of the molecule is C#CC(CC)(CC)NC(=O)CSc1ccc(N)c(Cl)c1. The predicted molar refractivity (Wildman–Crippen MR) is 86.9 cm³/mol. The number of nitrogen functional groups attached to an aromatic ring is 1. The highest BCUT2D eigenvalue weighted by molar-refractivity contribution is 8.00. The third kappa shape index (κ3) is 4.36. The molecule has 1 aromatic carbocycles. The van der Waals surface area contributed by atoms with Gasteiger partial charge in [0.1, 0.15) is 5.54 Å². The van der Waals surface area contributed by atoms with Gasteiger partial charge >= 0.3 is 0 Å². The van der Waals surface area contributed by atoms with Crippen molar-refractivity contribution in [3.05, 3.63) is 23.2 Å². The van der Waals surface area contributed by atoms with E-state index in [1.807, 2.05) is 19.9 Å². The molecule has 0 heterocycles. The Bertz CT molecular complexity index is 521. The summed E-state index contributed by atoms with van der Waals surface area (Å²) in [5, 5.41) is 3.42. The number of nitrogens with one attached hydrogen (secondary N) is 1.